The molecule has 0 rings (SSSR count). The zero-order valence-electron chi connectivity index (χ0n) is 8.74. The third kappa shape index (κ3) is 11.1. The molecule has 0 heterocycles. The molecule has 4 heteroatoms. The van der Waals surface area contributed by atoms with Crippen LogP contribution in [-0.2, 0) is 4.79 Å². The van der Waals surface area contributed by atoms with Crippen molar-refractivity contribution >= 4 is 5.97 Å². The normalized spacial score (nSPS) is 10.0. The molecule has 0 radical (unpaired) electrons. The lowest BCUT2D eigenvalue weighted by Crippen LogP contribution is -2.24. The summed E-state index contributed by atoms with van der Waals surface area (Å²) in [4.78, 5) is 10.2. The minimum Gasteiger partial charge on any atom is -0.481 e. The van der Waals surface area contributed by atoms with E-state index in [1.165, 1.54) is 19.3 Å². The van der Waals surface area contributed by atoms with Gasteiger partial charge in [-0.15, -0.1) is 0 Å². The molecular weight excluding hydrogens is 180 g/mol. The standard InChI is InChI=1S/C10H20N2O2/c11-12-9-7-5-3-1-2-4-6-8-10(13)14/h11H,1-9H2,(H,13,14)/p+1. The van der Waals surface area contributed by atoms with Crippen molar-refractivity contribution in [3.05, 3.63) is 0 Å². The lowest BCUT2D eigenvalue weighted by Gasteiger charge is -1.99. The van der Waals surface area contributed by atoms with Crippen LogP contribution in [0, 0.1) is 0 Å². The third-order valence-electron chi connectivity index (χ3n) is 2.18. The van der Waals surface area contributed by atoms with Gasteiger partial charge in [-0.1, -0.05) is 32.1 Å². The summed E-state index contributed by atoms with van der Waals surface area (Å²) < 4.78 is 0. The van der Waals surface area contributed by atoms with Gasteiger partial charge in [0.05, 0.1) is 0 Å². The maximum absolute atomic E-state index is 10.2. The Kier molecular flexibility index (Phi) is 9.48. The van der Waals surface area contributed by atoms with Crippen LogP contribution < -0.4 is 5.53 Å². The molecule has 14 heavy (non-hydrogen) atoms. The second kappa shape index (κ2) is 10.2. The van der Waals surface area contributed by atoms with E-state index in [1.807, 2.05) is 0 Å². The van der Waals surface area contributed by atoms with Crippen LogP contribution in [0.15, 0.2) is 5.11 Å². The highest BCUT2D eigenvalue weighted by Gasteiger charge is 1.96. The van der Waals surface area contributed by atoms with E-state index in [9.17, 15) is 4.79 Å². The molecule has 0 amide bonds. The smallest absolute Gasteiger partial charge is 0.303 e. The van der Waals surface area contributed by atoms with Gasteiger partial charge >= 0.3 is 5.97 Å². The number of carbonyl (C=O) groups is 1. The van der Waals surface area contributed by atoms with E-state index in [0.717, 1.165) is 32.2 Å². The first-order valence-corrected chi connectivity index (χ1v) is 5.36. The fourth-order valence-electron chi connectivity index (χ4n) is 1.36. The summed E-state index contributed by atoms with van der Waals surface area (Å²) in [6.07, 6.45) is 7.97. The molecule has 0 aromatic carbocycles. The Hall–Kier alpha value is -0.930. The first kappa shape index (κ1) is 13.1. The second-order valence-electron chi connectivity index (χ2n) is 3.52. The van der Waals surface area contributed by atoms with Crippen LogP contribution in [-0.4, -0.2) is 17.6 Å². The molecule has 0 spiro atoms. The number of unbranched alkanes of at least 4 members (excludes halogenated alkanes) is 6. The number of carboxylic acids is 1. The van der Waals surface area contributed by atoms with Crippen LogP contribution >= 0.6 is 0 Å². The lowest BCUT2D eigenvalue weighted by atomic mass is 10.1. The summed E-state index contributed by atoms with van der Waals surface area (Å²) >= 11 is 0. The van der Waals surface area contributed by atoms with Gasteiger partial charge in [0.1, 0.15) is 6.54 Å². The van der Waals surface area contributed by atoms with Crippen LogP contribution in [0.2, 0.25) is 0 Å². The predicted octanol–water partition coefficient (Wildman–Crippen LogP) is 1.40. The maximum Gasteiger partial charge on any atom is 0.303 e. The van der Waals surface area contributed by atoms with Gasteiger partial charge in [-0.05, 0) is 18.0 Å². The van der Waals surface area contributed by atoms with E-state index in [4.69, 9.17) is 10.6 Å². The maximum atomic E-state index is 10.2. The first-order chi connectivity index (χ1) is 6.77. The zero-order valence-corrected chi connectivity index (χ0v) is 8.74. The van der Waals surface area contributed by atoms with Crippen LogP contribution in [0.4, 0.5) is 0 Å². The van der Waals surface area contributed by atoms with Gasteiger partial charge in [-0.3, -0.25) is 4.79 Å². The highest BCUT2D eigenvalue weighted by atomic mass is 16.4. The number of nitrogens with two attached hydrogens (primary N) is 1. The summed E-state index contributed by atoms with van der Waals surface area (Å²) in [5, 5.41) is 11.9. The van der Waals surface area contributed by atoms with E-state index < -0.39 is 5.97 Å². The molecule has 0 saturated carbocycles. The number of aliphatic carboxylic acids is 1. The molecule has 0 aliphatic heterocycles. The quantitative estimate of drug-likeness (QED) is 0.414. The van der Waals surface area contributed by atoms with Gasteiger partial charge in [-0.25, -0.2) is 0 Å². The van der Waals surface area contributed by atoms with Crippen LogP contribution in [0.25, 0.3) is 0 Å². The fourth-order valence-corrected chi connectivity index (χ4v) is 1.36. The SMILES string of the molecule is [NH2+]=NCCCCCCCCCC(=O)O. The van der Waals surface area contributed by atoms with E-state index in [2.05, 4.69) is 5.11 Å². The Labute approximate surface area is 85.2 Å². The third-order valence-corrected chi connectivity index (χ3v) is 2.18. The molecule has 3 N–H and O–H groups in total. The van der Waals surface area contributed by atoms with E-state index in [0.29, 0.717) is 6.42 Å². The minimum absolute atomic E-state index is 0.312. The molecule has 0 bridgehead atoms. The highest BCUT2D eigenvalue weighted by molar-refractivity contribution is 5.66. The second-order valence-corrected chi connectivity index (χ2v) is 3.52. The van der Waals surface area contributed by atoms with Crippen LogP contribution in [0.1, 0.15) is 51.4 Å². The van der Waals surface area contributed by atoms with Gasteiger partial charge in [0.25, 0.3) is 0 Å². The molecular formula is C10H21N2O2+. The average Bonchev–Trinajstić information content (AvgIpc) is 2.15. The molecule has 0 unspecified atom stereocenters. The van der Waals surface area contributed by atoms with Gasteiger partial charge < -0.3 is 5.11 Å². The number of hydrogen-bond acceptors (Lipinski definition) is 2. The predicted molar refractivity (Wildman–Crippen MR) is 53.8 cm³/mol. The fraction of sp³-hybridized carbons (Fsp3) is 0.900. The number of carboxylic acid groups (broad SMARTS) is 1. The van der Waals surface area contributed by atoms with Crippen LogP contribution in [0.5, 0.6) is 0 Å². The zero-order chi connectivity index (χ0) is 10.6. The number of nitrogens with zero attached hydrogens (tertiary/aromatic N) is 1. The lowest BCUT2D eigenvalue weighted by molar-refractivity contribution is -0.222. The van der Waals surface area contributed by atoms with Crippen molar-refractivity contribution in [2.24, 2.45) is 5.11 Å². The van der Waals surface area contributed by atoms with Crippen molar-refractivity contribution in [3.8, 4) is 0 Å². The van der Waals surface area contributed by atoms with Gasteiger partial charge in [0, 0.05) is 6.42 Å². The molecule has 0 atom stereocenters. The van der Waals surface area contributed by atoms with Crippen molar-refractivity contribution in [2.45, 2.75) is 51.4 Å². The molecule has 0 aliphatic rings. The Morgan fingerprint density at radius 1 is 1.00 bits per heavy atom. The topological polar surface area (TPSA) is 75.2 Å². The number of hydrogen-bond donors (Lipinski definition) is 2. The van der Waals surface area contributed by atoms with Gasteiger partial charge in [0.2, 0.25) is 0 Å². The van der Waals surface area contributed by atoms with Crippen LogP contribution in [0.3, 0.4) is 0 Å². The molecule has 0 aromatic rings. The van der Waals surface area contributed by atoms with E-state index >= 15 is 0 Å². The highest BCUT2D eigenvalue weighted by Crippen LogP contribution is 2.08. The molecule has 0 aliphatic carbocycles. The molecule has 82 valence electrons. The van der Waals surface area contributed by atoms with Crippen molar-refractivity contribution in [2.75, 3.05) is 6.54 Å². The first-order valence-electron chi connectivity index (χ1n) is 5.36. The van der Waals surface area contributed by atoms with E-state index in [-0.39, 0.29) is 0 Å². The molecule has 4 nitrogen and oxygen atoms in total. The Morgan fingerprint density at radius 2 is 1.50 bits per heavy atom. The summed E-state index contributed by atoms with van der Waals surface area (Å²) in [6, 6.07) is 0. The van der Waals surface area contributed by atoms with Crippen molar-refractivity contribution < 1.29 is 15.4 Å². The molecule has 0 fully saturated rings. The van der Waals surface area contributed by atoms with Crippen molar-refractivity contribution in [1.29, 1.82) is 0 Å². The Morgan fingerprint density at radius 3 is 2.00 bits per heavy atom. The summed E-state index contributed by atoms with van der Waals surface area (Å²) in [6.45, 7) is 0.763. The van der Waals surface area contributed by atoms with Crippen molar-refractivity contribution in [1.82, 2.24) is 0 Å². The number of rotatable bonds is 10. The Balaban J connectivity index is 2.92. The average molecular weight is 201 g/mol. The monoisotopic (exact) mass is 201 g/mol. The largest absolute Gasteiger partial charge is 0.481 e. The summed E-state index contributed by atoms with van der Waals surface area (Å²) in [5.74, 6) is -0.686. The van der Waals surface area contributed by atoms with E-state index in [1.54, 1.807) is 0 Å². The van der Waals surface area contributed by atoms with Gasteiger partial charge in [0.15, 0.2) is 0 Å². The minimum atomic E-state index is -0.686. The molecule has 0 saturated heterocycles. The summed E-state index contributed by atoms with van der Waals surface area (Å²) in [5.41, 5.74) is 5.01. The molecule has 0 aromatic heterocycles. The summed E-state index contributed by atoms with van der Waals surface area (Å²) in [7, 11) is 0. The van der Waals surface area contributed by atoms with Gasteiger partial charge in [-0.2, -0.15) is 5.53 Å². The Bertz CT molecular complexity index is 160. The van der Waals surface area contributed by atoms with Crippen molar-refractivity contribution in [3.63, 3.8) is 0 Å².